The molecule has 1 N–H and O–H groups in total. The van der Waals surface area contributed by atoms with Crippen LogP contribution in [0.2, 0.25) is 0 Å². The summed E-state index contributed by atoms with van der Waals surface area (Å²) in [6.07, 6.45) is 6.73. The second-order valence-corrected chi connectivity index (χ2v) is 10.2. The Labute approximate surface area is 211 Å². The van der Waals surface area contributed by atoms with Gasteiger partial charge in [0.15, 0.2) is 5.78 Å². The summed E-state index contributed by atoms with van der Waals surface area (Å²) in [5.41, 5.74) is 1.05. The van der Waals surface area contributed by atoms with Gasteiger partial charge in [-0.2, -0.15) is 0 Å². The quantitative estimate of drug-likeness (QED) is 0.676. The van der Waals surface area contributed by atoms with Gasteiger partial charge >= 0.3 is 0 Å². The minimum atomic E-state index is -0.689. The van der Waals surface area contributed by atoms with Crippen molar-refractivity contribution in [2.75, 3.05) is 13.1 Å². The maximum atomic E-state index is 13.9. The molecule has 7 nitrogen and oxygen atoms in total. The lowest BCUT2D eigenvalue weighted by Gasteiger charge is -2.31. The number of nitrogens with zero attached hydrogens (tertiary/aromatic N) is 2. The van der Waals surface area contributed by atoms with Crippen LogP contribution in [0.15, 0.2) is 60.7 Å². The van der Waals surface area contributed by atoms with Crippen molar-refractivity contribution in [1.82, 2.24) is 15.1 Å². The monoisotopic (exact) mass is 487 g/mol. The van der Waals surface area contributed by atoms with Gasteiger partial charge in [-0.25, -0.2) is 0 Å². The van der Waals surface area contributed by atoms with Gasteiger partial charge in [-0.05, 0) is 43.0 Å². The molecule has 7 heteroatoms. The molecule has 0 aromatic heterocycles. The standard InChI is InChI=1S/C29H33N3O4/c33-25-19-32(28(35)22-14-8-3-9-15-22)24-16-17-31(26(24)25)29(36)23(18-20-10-4-1-5-11-20)30-27(34)21-12-6-2-7-13-21/h2-3,6-9,12-15,20,23-24,26H,1,4-5,10-11,16-19H2,(H,30,34)/t23-,24?,26-/m0/s1. The molecule has 1 aliphatic carbocycles. The number of Topliss-reactive ketones (excluding diaryl/α,β-unsaturated/α-hetero) is 1. The molecule has 3 fully saturated rings. The third-order valence-electron chi connectivity index (χ3n) is 7.92. The van der Waals surface area contributed by atoms with Gasteiger partial charge in [-0.15, -0.1) is 0 Å². The highest BCUT2D eigenvalue weighted by Gasteiger charge is 2.52. The number of benzene rings is 2. The first-order valence-corrected chi connectivity index (χ1v) is 13.1. The van der Waals surface area contributed by atoms with E-state index in [1.807, 2.05) is 12.1 Å². The van der Waals surface area contributed by atoms with E-state index in [4.69, 9.17) is 0 Å². The van der Waals surface area contributed by atoms with E-state index in [0.29, 0.717) is 36.4 Å². The highest BCUT2D eigenvalue weighted by atomic mass is 16.2. The average Bonchev–Trinajstić information content (AvgIpc) is 3.50. The van der Waals surface area contributed by atoms with Gasteiger partial charge < -0.3 is 15.1 Å². The lowest BCUT2D eigenvalue weighted by Crippen LogP contribution is -2.53. The van der Waals surface area contributed by atoms with Crippen LogP contribution in [0, 0.1) is 5.92 Å². The third-order valence-corrected chi connectivity index (χ3v) is 7.92. The fourth-order valence-corrected chi connectivity index (χ4v) is 6.09. The zero-order valence-electron chi connectivity index (χ0n) is 20.5. The molecule has 2 heterocycles. The van der Waals surface area contributed by atoms with Gasteiger partial charge in [0, 0.05) is 17.7 Å². The highest BCUT2D eigenvalue weighted by Crippen LogP contribution is 2.33. The fraction of sp³-hybridized carbons (Fsp3) is 0.448. The number of carbonyl (C=O) groups excluding carboxylic acids is 4. The molecular formula is C29H33N3O4. The van der Waals surface area contributed by atoms with Crippen LogP contribution in [0.25, 0.3) is 0 Å². The summed E-state index contributed by atoms with van der Waals surface area (Å²) in [4.78, 5) is 56.4. The van der Waals surface area contributed by atoms with Gasteiger partial charge in [-0.3, -0.25) is 19.2 Å². The second kappa shape index (κ2) is 10.6. The van der Waals surface area contributed by atoms with Crippen molar-refractivity contribution in [2.45, 2.75) is 63.1 Å². The van der Waals surface area contributed by atoms with Crippen molar-refractivity contribution in [1.29, 1.82) is 0 Å². The molecular weight excluding hydrogens is 454 g/mol. The molecule has 5 rings (SSSR count). The van der Waals surface area contributed by atoms with E-state index in [1.54, 1.807) is 58.3 Å². The molecule has 1 saturated carbocycles. The SMILES string of the molecule is O=C(N[C@@H](CC1CCCCC1)C(=O)N1CCC2[C@H]1C(=O)CN2C(=O)c1ccccc1)c1ccccc1. The Hall–Kier alpha value is -3.48. The van der Waals surface area contributed by atoms with E-state index in [0.717, 1.165) is 25.7 Å². The van der Waals surface area contributed by atoms with E-state index in [2.05, 4.69) is 5.32 Å². The second-order valence-electron chi connectivity index (χ2n) is 10.2. The van der Waals surface area contributed by atoms with E-state index < -0.39 is 12.1 Å². The van der Waals surface area contributed by atoms with Crippen LogP contribution in [0.3, 0.4) is 0 Å². The molecule has 0 radical (unpaired) electrons. The molecule has 3 amide bonds. The topological polar surface area (TPSA) is 86.8 Å². The van der Waals surface area contributed by atoms with Crippen molar-refractivity contribution in [3.63, 3.8) is 0 Å². The van der Waals surface area contributed by atoms with Gasteiger partial charge in [0.2, 0.25) is 5.91 Å². The van der Waals surface area contributed by atoms with Crippen LogP contribution in [0.5, 0.6) is 0 Å². The minimum absolute atomic E-state index is 0.0104. The fourth-order valence-electron chi connectivity index (χ4n) is 6.09. The molecule has 2 aromatic carbocycles. The van der Waals surface area contributed by atoms with Crippen LogP contribution >= 0.6 is 0 Å². The number of fused-ring (bicyclic) bond motifs is 1. The molecule has 36 heavy (non-hydrogen) atoms. The number of nitrogens with one attached hydrogen (secondary N) is 1. The van der Waals surface area contributed by atoms with Crippen LogP contribution in [-0.4, -0.2) is 64.5 Å². The summed E-state index contributed by atoms with van der Waals surface area (Å²) < 4.78 is 0. The van der Waals surface area contributed by atoms with Crippen molar-refractivity contribution in [3.8, 4) is 0 Å². The number of hydrogen-bond acceptors (Lipinski definition) is 4. The summed E-state index contributed by atoms with van der Waals surface area (Å²) in [6.45, 7) is 0.414. The Kier molecular flexibility index (Phi) is 7.16. The number of likely N-dealkylation sites (tertiary alicyclic amines) is 2. The van der Waals surface area contributed by atoms with Crippen molar-refractivity contribution in [3.05, 3.63) is 71.8 Å². The molecule has 1 unspecified atom stereocenters. The predicted molar refractivity (Wildman–Crippen MR) is 135 cm³/mol. The molecule has 3 atom stereocenters. The number of carbonyl (C=O) groups is 4. The first kappa shape index (κ1) is 24.2. The number of amides is 3. The Morgan fingerprint density at radius 1 is 0.833 bits per heavy atom. The Morgan fingerprint density at radius 2 is 1.47 bits per heavy atom. The van der Waals surface area contributed by atoms with Gasteiger partial charge in [0.05, 0.1) is 12.6 Å². The average molecular weight is 488 g/mol. The van der Waals surface area contributed by atoms with E-state index in [1.165, 1.54) is 6.42 Å². The zero-order chi connectivity index (χ0) is 25.1. The largest absolute Gasteiger partial charge is 0.340 e. The van der Waals surface area contributed by atoms with Crippen molar-refractivity contribution in [2.24, 2.45) is 5.92 Å². The molecule has 2 aromatic rings. The minimum Gasteiger partial charge on any atom is -0.340 e. The van der Waals surface area contributed by atoms with Crippen molar-refractivity contribution >= 4 is 23.5 Å². The van der Waals surface area contributed by atoms with Gasteiger partial charge in [-0.1, -0.05) is 68.5 Å². The van der Waals surface area contributed by atoms with Crippen molar-refractivity contribution < 1.29 is 19.2 Å². The van der Waals surface area contributed by atoms with E-state index in [9.17, 15) is 19.2 Å². The Bertz CT molecular complexity index is 1110. The summed E-state index contributed by atoms with van der Waals surface area (Å²) in [7, 11) is 0. The van der Waals surface area contributed by atoms with E-state index >= 15 is 0 Å². The Balaban J connectivity index is 1.34. The summed E-state index contributed by atoms with van der Waals surface area (Å²) in [5, 5.41) is 2.99. The van der Waals surface area contributed by atoms with Crippen LogP contribution in [0.1, 0.15) is 65.7 Å². The molecule has 0 bridgehead atoms. The summed E-state index contributed by atoms with van der Waals surface area (Å²) in [5.74, 6) is -0.403. The van der Waals surface area contributed by atoms with Crippen LogP contribution in [-0.2, 0) is 9.59 Å². The number of ketones is 1. The van der Waals surface area contributed by atoms with Crippen LogP contribution in [0.4, 0.5) is 0 Å². The lowest BCUT2D eigenvalue weighted by atomic mass is 9.84. The van der Waals surface area contributed by atoms with Crippen LogP contribution < -0.4 is 5.32 Å². The molecule has 0 spiro atoms. The normalized spacial score (nSPS) is 22.8. The van der Waals surface area contributed by atoms with Gasteiger partial charge in [0.1, 0.15) is 12.1 Å². The highest BCUT2D eigenvalue weighted by molar-refractivity contribution is 6.03. The summed E-state index contributed by atoms with van der Waals surface area (Å²) in [6, 6.07) is 16.2. The van der Waals surface area contributed by atoms with E-state index in [-0.39, 0.29) is 36.1 Å². The third kappa shape index (κ3) is 4.92. The molecule has 3 aliphatic rings. The maximum Gasteiger partial charge on any atom is 0.254 e. The summed E-state index contributed by atoms with van der Waals surface area (Å²) >= 11 is 0. The van der Waals surface area contributed by atoms with Gasteiger partial charge in [0.25, 0.3) is 11.8 Å². The smallest absolute Gasteiger partial charge is 0.254 e. The predicted octanol–water partition coefficient (Wildman–Crippen LogP) is 3.45. The molecule has 2 saturated heterocycles. The lowest BCUT2D eigenvalue weighted by molar-refractivity contribution is -0.138. The number of hydrogen-bond donors (Lipinski definition) is 1. The molecule has 188 valence electrons. The first-order valence-electron chi connectivity index (χ1n) is 13.1. The Morgan fingerprint density at radius 3 is 2.14 bits per heavy atom. The number of rotatable bonds is 6. The zero-order valence-corrected chi connectivity index (χ0v) is 20.5. The molecule has 2 aliphatic heterocycles. The maximum absolute atomic E-state index is 13.9. The first-order chi connectivity index (χ1) is 17.5.